The van der Waals surface area contributed by atoms with E-state index in [1.807, 2.05) is 18.4 Å². The summed E-state index contributed by atoms with van der Waals surface area (Å²) in [6, 6.07) is 7.28. The average molecular weight is 383 g/mol. The first-order chi connectivity index (χ1) is 13.5. The van der Waals surface area contributed by atoms with Crippen LogP contribution in [-0.2, 0) is 0 Å². The zero-order chi connectivity index (χ0) is 19.7. The minimum Gasteiger partial charge on any atom is -0.351 e. The Morgan fingerprint density at radius 1 is 1.14 bits per heavy atom. The number of fused-ring (bicyclic) bond motifs is 1. The molecule has 3 aromatic rings. The van der Waals surface area contributed by atoms with Gasteiger partial charge in [-0.15, -0.1) is 0 Å². The number of benzene rings is 1. The van der Waals surface area contributed by atoms with Gasteiger partial charge in [-0.05, 0) is 51.7 Å². The predicted molar refractivity (Wildman–Crippen MR) is 109 cm³/mol. The molecular formula is C20H26FN7. The van der Waals surface area contributed by atoms with Gasteiger partial charge >= 0.3 is 0 Å². The van der Waals surface area contributed by atoms with Crippen molar-refractivity contribution in [2.45, 2.75) is 57.7 Å². The summed E-state index contributed by atoms with van der Waals surface area (Å²) >= 11 is 0. The summed E-state index contributed by atoms with van der Waals surface area (Å²) in [6.07, 6.45) is 5.78. The maximum Gasteiger partial charge on any atom is 0.224 e. The standard InChI is InChI=1S/C20H26FN7/c1-12(2)28-18-17(26-20(28)25-16-6-4-3-5-15(16)21)11-23-19(27-18)24-14-9-7-13(22)8-10-14/h3-6,11-14H,7-10,22H2,1-2H3,(H,25,26)(H,23,24,27)/t13-,14-. The Balaban J connectivity index is 1.64. The van der Waals surface area contributed by atoms with E-state index in [2.05, 4.69) is 20.6 Å². The van der Waals surface area contributed by atoms with Gasteiger partial charge in [0.05, 0.1) is 11.9 Å². The quantitative estimate of drug-likeness (QED) is 0.617. The van der Waals surface area contributed by atoms with Crippen molar-refractivity contribution in [2.75, 3.05) is 10.6 Å². The van der Waals surface area contributed by atoms with Crippen molar-refractivity contribution in [1.82, 2.24) is 19.5 Å². The molecule has 0 bridgehead atoms. The van der Waals surface area contributed by atoms with Crippen LogP contribution in [0.3, 0.4) is 0 Å². The summed E-state index contributed by atoms with van der Waals surface area (Å²) < 4.78 is 16.0. The molecule has 0 atom stereocenters. The number of anilines is 3. The minimum atomic E-state index is -0.325. The molecule has 8 heteroatoms. The Hall–Kier alpha value is -2.74. The lowest BCUT2D eigenvalue weighted by Crippen LogP contribution is -2.33. The van der Waals surface area contributed by atoms with Gasteiger partial charge in [0.25, 0.3) is 0 Å². The van der Waals surface area contributed by atoms with Crippen LogP contribution < -0.4 is 16.4 Å². The highest BCUT2D eigenvalue weighted by Crippen LogP contribution is 2.27. The molecule has 4 N–H and O–H groups in total. The number of halogens is 1. The molecule has 0 unspecified atom stereocenters. The Kier molecular flexibility index (Phi) is 5.13. The maximum absolute atomic E-state index is 14.1. The summed E-state index contributed by atoms with van der Waals surface area (Å²) in [7, 11) is 0. The highest BCUT2D eigenvalue weighted by atomic mass is 19.1. The van der Waals surface area contributed by atoms with Crippen LogP contribution in [0.5, 0.6) is 0 Å². The zero-order valence-electron chi connectivity index (χ0n) is 16.2. The molecule has 0 amide bonds. The van der Waals surface area contributed by atoms with Crippen molar-refractivity contribution in [2.24, 2.45) is 5.73 Å². The third-order valence-corrected chi connectivity index (χ3v) is 5.17. The Morgan fingerprint density at radius 2 is 1.89 bits per heavy atom. The third kappa shape index (κ3) is 3.77. The fraction of sp³-hybridized carbons (Fsp3) is 0.450. The fourth-order valence-corrected chi connectivity index (χ4v) is 3.67. The van der Waals surface area contributed by atoms with Crippen molar-refractivity contribution in [3.8, 4) is 0 Å². The molecule has 0 spiro atoms. The van der Waals surface area contributed by atoms with Crippen LogP contribution in [0.2, 0.25) is 0 Å². The van der Waals surface area contributed by atoms with Crippen molar-refractivity contribution < 1.29 is 4.39 Å². The molecule has 2 heterocycles. The van der Waals surface area contributed by atoms with Crippen LogP contribution in [0.1, 0.15) is 45.6 Å². The van der Waals surface area contributed by atoms with Crippen LogP contribution in [0.25, 0.3) is 11.2 Å². The first-order valence-corrected chi connectivity index (χ1v) is 9.80. The number of nitrogens with two attached hydrogens (primary N) is 1. The van der Waals surface area contributed by atoms with Crippen molar-refractivity contribution in [3.05, 3.63) is 36.3 Å². The van der Waals surface area contributed by atoms with Gasteiger partial charge in [0.1, 0.15) is 11.3 Å². The van der Waals surface area contributed by atoms with Gasteiger partial charge in [-0.3, -0.25) is 4.57 Å². The van der Waals surface area contributed by atoms with E-state index >= 15 is 0 Å². The first-order valence-electron chi connectivity index (χ1n) is 9.80. The van der Waals surface area contributed by atoms with Crippen LogP contribution in [0, 0.1) is 5.82 Å². The normalized spacial score (nSPS) is 19.9. The number of hydrogen-bond donors (Lipinski definition) is 3. The van der Waals surface area contributed by atoms with Gasteiger partial charge in [0.15, 0.2) is 5.65 Å². The van der Waals surface area contributed by atoms with Gasteiger partial charge in [0, 0.05) is 18.1 Å². The van der Waals surface area contributed by atoms with Crippen molar-refractivity contribution in [3.63, 3.8) is 0 Å². The van der Waals surface area contributed by atoms with Crippen molar-refractivity contribution >= 4 is 28.7 Å². The largest absolute Gasteiger partial charge is 0.351 e. The number of para-hydroxylation sites is 1. The topological polar surface area (TPSA) is 93.7 Å². The number of rotatable bonds is 5. The van der Waals surface area contributed by atoms with E-state index in [0.717, 1.165) is 31.3 Å². The molecule has 1 aliphatic rings. The summed E-state index contributed by atoms with van der Waals surface area (Å²) in [5, 5.41) is 6.52. The SMILES string of the molecule is CC(C)n1c(Nc2ccccc2F)nc2cnc(N[C@H]3CC[C@H](N)CC3)nc21. The molecule has 7 nitrogen and oxygen atoms in total. The monoisotopic (exact) mass is 383 g/mol. The van der Waals surface area contributed by atoms with E-state index in [0.29, 0.717) is 35.2 Å². The summed E-state index contributed by atoms with van der Waals surface area (Å²) in [6.45, 7) is 4.09. The van der Waals surface area contributed by atoms with Gasteiger partial charge in [-0.2, -0.15) is 4.98 Å². The molecule has 0 saturated heterocycles. The molecule has 148 valence electrons. The molecule has 0 radical (unpaired) electrons. The van der Waals surface area contributed by atoms with E-state index in [-0.39, 0.29) is 11.9 Å². The Labute approximate surface area is 163 Å². The molecule has 28 heavy (non-hydrogen) atoms. The van der Waals surface area contributed by atoms with Crippen LogP contribution in [0.4, 0.5) is 22.0 Å². The second-order valence-electron chi connectivity index (χ2n) is 7.66. The number of hydrogen-bond acceptors (Lipinski definition) is 6. The highest BCUT2D eigenvalue weighted by molar-refractivity contribution is 5.76. The molecule has 1 saturated carbocycles. The van der Waals surface area contributed by atoms with Crippen LogP contribution in [-0.4, -0.2) is 31.6 Å². The first kappa shape index (κ1) is 18.6. The number of aromatic nitrogens is 4. The maximum atomic E-state index is 14.1. The Morgan fingerprint density at radius 3 is 2.61 bits per heavy atom. The molecule has 2 aromatic heterocycles. The molecule has 0 aliphatic heterocycles. The second-order valence-corrected chi connectivity index (χ2v) is 7.66. The number of imidazole rings is 1. The zero-order valence-corrected chi connectivity index (χ0v) is 16.2. The molecular weight excluding hydrogens is 357 g/mol. The van der Waals surface area contributed by atoms with Crippen LogP contribution in [0.15, 0.2) is 30.5 Å². The van der Waals surface area contributed by atoms with Gasteiger partial charge in [0.2, 0.25) is 11.9 Å². The number of nitrogens with zero attached hydrogens (tertiary/aromatic N) is 4. The molecule has 1 fully saturated rings. The van der Waals surface area contributed by atoms with Gasteiger partial charge in [-0.25, -0.2) is 14.4 Å². The molecule has 4 rings (SSSR count). The summed E-state index contributed by atoms with van der Waals surface area (Å²) in [5.74, 6) is 0.811. The van der Waals surface area contributed by atoms with E-state index in [1.54, 1.807) is 24.4 Å². The van der Waals surface area contributed by atoms with E-state index in [9.17, 15) is 4.39 Å². The van der Waals surface area contributed by atoms with E-state index in [4.69, 9.17) is 10.7 Å². The van der Waals surface area contributed by atoms with Crippen LogP contribution >= 0.6 is 0 Å². The smallest absolute Gasteiger partial charge is 0.224 e. The van der Waals surface area contributed by atoms with Gasteiger partial charge < -0.3 is 16.4 Å². The lowest BCUT2D eigenvalue weighted by molar-refractivity contribution is 0.410. The van der Waals surface area contributed by atoms with E-state index in [1.165, 1.54) is 6.07 Å². The molecule has 1 aliphatic carbocycles. The summed E-state index contributed by atoms with van der Waals surface area (Å²) in [5.41, 5.74) is 7.76. The highest BCUT2D eigenvalue weighted by Gasteiger charge is 2.21. The van der Waals surface area contributed by atoms with Gasteiger partial charge in [-0.1, -0.05) is 12.1 Å². The predicted octanol–water partition coefficient (Wildman–Crippen LogP) is 3.97. The average Bonchev–Trinajstić information content (AvgIpc) is 3.03. The minimum absolute atomic E-state index is 0.0923. The Bertz CT molecular complexity index is 960. The van der Waals surface area contributed by atoms with E-state index < -0.39 is 0 Å². The molecule has 1 aromatic carbocycles. The third-order valence-electron chi connectivity index (χ3n) is 5.17. The second kappa shape index (κ2) is 7.71. The fourth-order valence-electron chi connectivity index (χ4n) is 3.67. The van der Waals surface area contributed by atoms with Crippen molar-refractivity contribution in [1.29, 1.82) is 0 Å². The number of nitrogens with one attached hydrogen (secondary N) is 2. The lowest BCUT2D eigenvalue weighted by atomic mass is 9.92. The summed E-state index contributed by atoms with van der Waals surface area (Å²) in [4.78, 5) is 13.7. The lowest BCUT2D eigenvalue weighted by Gasteiger charge is -2.26.